The molecule has 0 aromatic heterocycles. The van der Waals surface area contributed by atoms with Gasteiger partial charge in [0.1, 0.15) is 0 Å². The third-order valence-corrected chi connectivity index (χ3v) is 3.08. The molecule has 1 rings (SSSR count). The first-order chi connectivity index (χ1) is 5.58. The van der Waals surface area contributed by atoms with Gasteiger partial charge in [0.2, 0.25) is 0 Å². The highest BCUT2D eigenvalue weighted by molar-refractivity contribution is 4.75. The Morgan fingerprint density at radius 1 is 1.00 bits per heavy atom. The minimum Gasteiger partial charge on any atom is -0.0628 e. The second kappa shape index (κ2) is 4.30. The molecule has 12 heavy (non-hydrogen) atoms. The van der Waals surface area contributed by atoms with Crippen molar-refractivity contribution in [3.63, 3.8) is 0 Å². The Labute approximate surface area is 77.7 Å². The molecule has 0 radical (unpaired) electrons. The topological polar surface area (TPSA) is 0 Å². The zero-order valence-electron chi connectivity index (χ0n) is 9.14. The summed E-state index contributed by atoms with van der Waals surface area (Å²) in [5.41, 5.74) is 0. The minimum atomic E-state index is 0.896. The Balaban J connectivity index is 2.34. The van der Waals surface area contributed by atoms with Gasteiger partial charge in [-0.05, 0) is 49.4 Å². The molecule has 1 aliphatic rings. The molecule has 0 aromatic carbocycles. The van der Waals surface area contributed by atoms with E-state index < -0.39 is 0 Å². The van der Waals surface area contributed by atoms with E-state index in [1.807, 2.05) is 0 Å². The van der Waals surface area contributed by atoms with Crippen molar-refractivity contribution in [3.8, 4) is 0 Å². The predicted octanol–water partition coefficient (Wildman–Crippen LogP) is 4.10. The maximum Gasteiger partial charge on any atom is -0.0407 e. The molecule has 0 heterocycles. The van der Waals surface area contributed by atoms with Gasteiger partial charge in [0, 0.05) is 0 Å². The zero-order valence-corrected chi connectivity index (χ0v) is 9.14. The van der Waals surface area contributed by atoms with Crippen LogP contribution in [0.15, 0.2) is 0 Å². The fourth-order valence-corrected chi connectivity index (χ4v) is 2.97. The van der Waals surface area contributed by atoms with Crippen molar-refractivity contribution in [2.45, 2.75) is 53.4 Å². The van der Waals surface area contributed by atoms with Crippen LogP contribution in [-0.2, 0) is 0 Å². The van der Waals surface area contributed by atoms with Crippen molar-refractivity contribution in [3.05, 3.63) is 0 Å². The molecule has 1 fully saturated rings. The molecule has 0 amide bonds. The van der Waals surface area contributed by atoms with Gasteiger partial charge < -0.3 is 0 Å². The van der Waals surface area contributed by atoms with Crippen LogP contribution in [0.3, 0.4) is 0 Å². The van der Waals surface area contributed by atoms with E-state index in [0.717, 1.165) is 23.7 Å². The van der Waals surface area contributed by atoms with Crippen LogP contribution in [0.5, 0.6) is 0 Å². The van der Waals surface area contributed by atoms with E-state index in [4.69, 9.17) is 0 Å². The van der Waals surface area contributed by atoms with Crippen LogP contribution in [0.2, 0.25) is 0 Å². The minimum absolute atomic E-state index is 0.896. The van der Waals surface area contributed by atoms with Crippen LogP contribution >= 0.6 is 0 Å². The van der Waals surface area contributed by atoms with E-state index in [0.29, 0.717) is 0 Å². The molecular weight excluding hydrogens is 144 g/mol. The van der Waals surface area contributed by atoms with E-state index >= 15 is 0 Å². The lowest BCUT2D eigenvalue weighted by molar-refractivity contribution is 0.195. The van der Waals surface area contributed by atoms with Crippen molar-refractivity contribution in [2.24, 2.45) is 23.7 Å². The molecule has 1 saturated carbocycles. The quantitative estimate of drug-likeness (QED) is 0.582. The standard InChI is InChI=1S/C12H24/c1-9(2)5-12-7-10(3)6-11(4)8-12/h9-12H,5-8H2,1-4H3/t10-,11+,12?. The highest BCUT2D eigenvalue weighted by Crippen LogP contribution is 2.35. The summed E-state index contributed by atoms with van der Waals surface area (Å²) in [6.07, 6.45) is 5.90. The average Bonchev–Trinajstić information content (AvgIpc) is 1.81. The highest BCUT2D eigenvalue weighted by atomic mass is 14.3. The molecule has 1 unspecified atom stereocenters. The summed E-state index contributed by atoms with van der Waals surface area (Å²) in [4.78, 5) is 0. The first kappa shape index (κ1) is 10.1. The van der Waals surface area contributed by atoms with Crippen LogP contribution < -0.4 is 0 Å². The molecule has 0 aromatic rings. The molecule has 3 atom stereocenters. The first-order valence-corrected chi connectivity index (χ1v) is 5.58. The molecule has 0 saturated heterocycles. The van der Waals surface area contributed by atoms with Crippen molar-refractivity contribution in [1.29, 1.82) is 0 Å². The SMILES string of the molecule is CC(C)CC1C[C@@H](C)C[C@@H](C)C1. The van der Waals surface area contributed by atoms with Gasteiger partial charge in [0.05, 0.1) is 0 Å². The third-order valence-electron chi connectivity index (χ3n) is 3.08. The summed E-state index contributed by atoms with van der Waals surface area (Å²) in [6.45, 7) is 9.54. The maximum absolute atomic E-state index is 2.42. The highest BCUT2D eigenvalue weighted by Gasteiger charge is 2.23. The Kier molecular flexibility index (Phi) is 3.61. The summed E-state index contributed by atoms with van der Waals surface area (Å²) in [5, 5.41) is 0. The summed E-state index contributed by atoms with van der Waals surface area (Å²) in [7, 11) is 0. The van der Waals surface area contributed by atoms with E-state index in [9.17, 15) is 0 Å². The summed E-state index contributed by atoms with van der Waals surface area (Å²) >= 11 is 0. The predicted molar refractivity (Wildman–Crippen MR) is 55.1 cm³/mol. The maximum atomic E-state index is 2.42. The van der Waals surface area contributed by atoms with Crippen LogP contribution in [0.25, 0.3) is 0 Å². The van der Waals surface area contributed by atoms with E-state index in [-0.39, 0.29) is 0 Å². The molecule has 0 aliphatic heterocycles. The molecule has 0 spiro atoms. The fourth-order valence-electron chi connectivity index (χ4n) is 2.97. The third kappa shape index (κ3) is 3.16. The molecule has 0 nitrogen and oxygen atoms in total. The van der Waals surface area contributed by atoms with Crippen LogP contribution in [0, 0.1) is 23.7 Å². The normalized spacial score (nSPS) is 37.2. The molecule has 0 N–H and O–H groups in total. The van der Waals surface area contributed by atoms with Crippen molar-refractivity contribution < 1.29 is 0 Å². The lowest BCUT2D eigenvalue weighted by Crippen LogP contribution is -2.20. The lowest BCUT2D eigenvalue weighted by Gasteiger charge is -2.32. The van der Waals surface area contributed by atoms with E-state index in [1.165, 1.54) is 25.7 Å². The molecule has 1 aliphatic carbocycles. The van der Waals surface area contributed by atoms with Crippen LogP contribution in [0.1, 0.15) is 53.4 Å². The number of hydrogen-bond acceptors (Lipinski definition) is 0. The van der Waals surface area contributed by atoms with Gasteiger partial charge in [-0.15, -0.1) is 0 Å². The molecule has 0 heteroatoms. The van der Waals surface area contributed by atoms with Gasteiger partial charge in [-0.3, -0.25) is 0 Å². The second-order valence-electron chi connectivity index (χ2n) is 5.41. The van der Waals surface area contributed by atoms with Crippen molar-refractivity contribution in [1.82, 2.24) is 0 Å². The lowest BCUT2D eigenvalue weighted by atomic mass is 9.74. The first-order valence-electron chi connectivity index (χ1n) is 5.58. The Hall–Kier alpha value is 0. The van der Waals surface area contributed by atoms with E-state index in [2.05, 4.69) is 27.7 Å². The molecular formula is C12H24. The zero-order chi connectivity index (χ0) is 9.14. The average molecular weight is 168 g/mol. The van der Waals surface area contributed by atoms with Crippen molar-refractivity contribution in [2.75, 3.05) is 0 Å². The van der Waals surface area contributed by atoms with Gasteiger partial charge in [-0.2, -0.15) is 0 Å². The van der Waals surface area contributed by atoms with Gasteiger partial charge >= 0.3 is 0 Å². The molecule has 72 valence electrons. The Bertz CT molecular complexity index is 113. The van der Waals surface area contributed by atoms with Crippen LogP contribution in [-0.4, -0.2) is 0 Å². The number of rotatable bonds is 2. The van der Waals surface area contributed by atoms with Crippen LogP contribution in [0.4, 0.5) is 0 Å². The van der Waals surface area contributed by atoms with Gasteiger partial charge in [-0.1, -0.05) is 27.7 Å². The number of hydrogen-bond donors (Lipinski definition) is 0. The summed E-state index contributed by atoms with van der Waals surface area (Å²) < 4.78 is 0. The smallest absolute Gasteiger partial charge is 0.0407 e. The fraction of sp³-hybridized carbons (Fsp3) is 1.00. The largest absolute Gasteiger partial charge is 0.0628 e. The summed E-state index contributed by atoms with van der Waals surface area (Å²) in [5.74, 6) is 3.89. The Morgan fingerprint density at radius 3 is 1.92 bits per heavy atom. The van der Waals surface area contributed by atoms with Gasteiger partial charge in [0.15, 0.2) is 0 Å². The molecule has 0 bridgehead atoms. The monoisotopic (exact) mass is 168 g/mol. The summed E-state index contributed by atoms with van der Waals surface area (Å²) in [6, 6.07) is 0. The van der Waals surface area contributed by atoms with Crippen molar-refractivity contribution >= 4 is 0 Å². The Morgan fingerprint density at radius 2 is 1.50 bits per heavy atom. The second-order valence-corrected chi connectivity index (χ2v) is 5.41. The van der Waals surface area contributed by atoms with Gasteiger partial charge in [-0.25, -0.2) is 0 Å². The van der Waals surface area contributed by atoms with E-state index in [1.54, 1.807) is 0 Å². The van der Waals surface area contributed by atoms with Gasteiger partial charge in [0.25, 0.3) is 0 Å².